The number of nitro groups is 1. The van der Waals surface area contributed by atoms with Crippen LogP contribution in [0.4, 0.5) is 43.4 Å². The lowest BCUT2D eigenvalue weighted by atomic mass is 10.2. The summed E-state index contributed by atoms with van der Waals surface area (Å²) >= 11 is 0. The number of hydrogen-bond donors (Lipinski definition) is 2. The number of nitrogen functional groups attached to an aromatic ring is 2. The molecule has 0 aromatic heterocycles. The van der Waals surface area contributed by atoms with Crippen molar-refractivity contribution in [1.29, 1.82) is 0 Å². The first kappa shape index (κ1) is 23.7. The minimum Gasteiger partial charge on any atom is -0.485 e. The van der Waals surface area contributed by atoms with Gasteiger partial charge in [-0.3, -0.25) is 10.1 Å². The highest BCUT2D eigenvalue weighted by Gasteiger charge is 2.18. The molecule has 2 aromatic rings. The van der Waals surface area contributed by atoms with Crippen molar-refractivity contribution in [1.82, 2.24) is 0 Å². The maximum absolute atomic E-state index is 13.0. The zero-order valence-corrected chi connectivity index (χ0v) is 14.5. The lowest BCUT2D eigenvalue weighted by Crippen LogP contribution is -2.09. The number of nitrogens with two attached hydrogens (primary N) is 2. The van der Waals surface area contributed by atoms with Crippen LogP contribution in [0, 0.1) is 21.7 Å². The van der Waals surface area contributed by atoms with Gasteiger partial charge in [0.25, 0.3) is 12.9 Å². The van der Waals surface area contributed by atoms with E-state index in [1.54, 1.807) is 0 Å². The van der Waals surface area contributed by atoms with Gasteiger partial charge in [-0.2, -0.15) is 4.39 Å². The molecule has 29 heavy (non-hydrogen) atoms. The number of hydrogen-bond acceptors (Lipinski definition) is 6. The quantitative estimate of drug-likeness (QED) is 0.299. The molecule has 0 heterocycles. The van der Waals surface area contributed by atoms with E-state index in [4.69, 9.17) is 11.5 Å². The van der Waals surface area contributed by atoms with Crippen LogP contribution in [0.2, 0.25) is 0 Å². The van der Waals surface area contributed by atoms with Gasteiger partial charge in [0.05, 0.1) is 16.3 Å². The Kier molecular flexibility index (Phi) is 8.83. The maximum atomic E-state index is 13.0. The van der Waals surface area contributed by atoms with E-state index < -0.39 is 48.3 Å². The molecule has 0 aliphatic carbocycles. The highest BCUT2D eigenvalue weighted by Crippen LogP contribution is 2.29. The molecule has 0 spiro atoms. The van der Waals surface area contributed by atoms with Gasteiger partial charge in [-0.05, 0) is 12.1 Å². The highest BCUT2D eigenvalue weighted by atomic mass is 19.3. The summed E-state index contributed by atoms with van der Waals surface area (Å²) in [5.41, 5.74) is 9.65. The molecule has 0 radical (unpaired) electrons. The summed E-state index contributed by atoms with van der Waals surface area (Å²) in [4.78, 5) is 9.33. The SMILES string of the molecule is Nc1cc([N+](=O)[O-])c(F)cc1OCC(F)F.Nc1ccc(F)cc1OCC(F)F. The summed E-state index contributed by atoms with van der Waals surface area (Å²) in [6.45, 7) is -1.74. The van der Waals surface area contributed by atoms with Gasteiger partial charge in [0.15, 0.2) is 0 Å². The van der Waals surface area contributed by atoms with Crippen LogP contribution in [-0.2, 0) is 0 Å². The predicted molar refractivity (Wildman–Crippen MR) is 91.3 cm³/mol. The average Bonchev–Trinajstić information content (AvgIpc) is 2.63. The summed E-state index contributed by atoms with van der Waals surface area (Å²) in [5.74, 6) is -2.16. The zero-order chi connectivity index (χ0) is 22.1. The van der Waals surface area contributed by atoms with Crippen LogP contribution >= 0.6 is 0 Å². The standard InChI is InChI=1S/C8H7F3N2O3.C8H8F3NO/c9-4-1-7(16-3-8(10)11)5(12)2-6(4)13(14)15;9-5-1-2-6(12)7(3-5)13-4-8(10)11/h1-2,8H,3,12H2;1-3,8H,4,12H2. The number of alkyl halides is 4. The van der Waals surface area contributed by atoms with Crippen molar-refractivity contribution in [2.24, 2.45) is 0 Å². The molecular weight excluding hydrogens is 412 g/mol. The van der Waals surface area contributed by atoms with Gasteiger partial charge in [-0.1, -0.05) is 0 Å². The smallest absolute Gasteiger partial charge is 0.307 e. The van der Waals surface area contributed by atoms with Crippen LogP contribution in [0.3, 0.4) is 0 Å². The molecule has 0 saturated carbocycles. The number of anilines is 2. The summed E-state index contributed by atoms with van der Waals surface area (Å²) in [6.07, 6.45) is -5.33. The van der Waals surface area contributed by atoms with E-state index in [0.717, 1.165) is 18.2 Å². The summed E-state index contributed by atoms with van der Waals surface area (Å²) in [6, 6.07) is 4.68. The Balaban J connectivity index is 0.000000296. The van der Waals surface area contributed by atoms with Crippen molar-refractivity contribution in [3.63, 3.8) is 0 Å². The summed E-state index contributed by atoms with van der Waals surface area (Å²) in [5, 5.41) is 10.3. The third-order valence-corrected chi connectivity index (χ3v) is 2.98. The number of halogens is 6. The van der Waals surface area contributed by atoms with Crippen molar-refractivity contribution in [2.45, 2.75) is 12.9 Å². The van der Waals surface area contributed by atoms with Crippen LogP contribution < -0.4 is 20.9 Å². The van der Waals surface area contributed by atoms with Crippen LogP contribution in [0.15, 0.2) is 30.3 Å². The lowest BCUT2D eigenvalue weighted by Gasteiger charge is -2.08. The van der Waals surface area contributed by atoms with Gasteiger partial charge >= 0.3 is 5.69 Å². The van der Waals surface area contributed by atoms with Gasteiger partial charge in [0, 0.05) is 18.2 Å². The molecule has 2 rings (SSSR count). The van der Waals surface area contributed by atoms with Crippen LogP contribution in [-0.4, -0.2) is 31.0 Å². The molecule has 160 valence electrons. The van der Waals surface area contributed by atoms with Crippen molar-refractivity contribution in [2.75, 3.05) is 24.7 Å². The minimum atomic E-state index is -2.74. The first-order valence-electron chi connectivity index (χ1n) is 7.61. The Bertz CT molecular complexity index is 839. The molecule has 0 unspecified atom stereocenters. The minimum absolute atomic E-state index is 0.0553. The van der Waals surface area contributed by atoms with Crippen LogP contribution in [0.1, 0.15) is 0 Å². The Morgan fingerprint density at radius 2 is 1.41 bits per heavy atom. The van der Waals surface area contributed by atoms with E-state index in [2.05, 4.69) is 9.47 Å². The zero-order valence-electron chi connectivity index (χ0n) is 14.5. The molecular formula is C16H15F6N3O4. The number of nitro benzene ring substituents is 1. The Hall–Kier alpha value is -3.38. The second-order valence-electron chi connectivity index (χ2n) is 5.18. The Morgan fingerprint density at radius 1 is 0.897 bits per heavy atom. The molecule has 0 amide bonds. The molecule has 0 saturated heterocycles. The number of rotatable bonds is 7. The molecule has 13 heteroatoms. The fourth-order valence-electron chi connectivity index (χ4n) is 1.76. The van der Waals surface area contributed by atoms with Gasteiger partial charge in [0.1, 0.15) is 30.5 Å². The molecule has 2 aromatic carbocycles. The summed E-state index contributed by atoms with van der Waals surface area (Å²) in [7, 11) is 0. The fraction of sp³-hybridized carbons (Fsp3) is 0.250. The van der Waals surface area contributed by atoms with E-state index >= 15 is 0 Å². The molecule has 0 aliphatic rings. The van der Waals surface area contributed by atoms with Gasteiger partial charge in [0.2, 0.25) is 5.82 Å². The van der Waals surface area contributed by atoms with Gasteiger partial charge in [-0.15, -0.1) is 0 Å². The number of nitrogens with zero attached hydrogens (tertiary/aromatic N) is 1. The van der Waals surface area contributed by atoms with Crippen molar-refractivity contribution < 1.29 is 40.7 Å². The molecule has 0 bridgehead atoms. The van der Waals surface area contributed by atoms with Gasteiger partial charge in [-0.25, -0.2) is 22.0 Å². The Morgan fingerprint density at radius 3 is 1.90 bits per heavy atom. The topological polar surface area (TPSA) is 114 Å². The van der Waals surface area contributed by atoms with E-state index in [1.165, 1.54) is 6.07 Å². The van der Waals surface area contributed by atoms with Crippen molar-refractivity contribution in [3.8, 4) is 11.5 Å². The van der Waals surface area contributed by atoms with Crippen molar-refractivity contribution >= 4 is 17.1 Å². The second kappa shape index (κ2) is 10.8. The van der Waals surface area contributed by atoms with Gasteiger partial charge < -0.3 is 20.9 Å². The predicted octanol–water partition coefficient (Wildman–Crippen LogP) is 4.01. The van der Waals surface area contributed by atoms with E-state index in [0.29, 0.717) is 6.07 Å². The fourth-order valence-corrected chi connectivity index (χ4v) is 1.76. The maximum Gasteiger partial charge on any atom is 0.307 e. The number of ether oxygens (including phenoxy) is 2. The van der Waals surface area contributed by atoms with E-state index in [9.17, 15) is 36.5 Å². The van der Waals surface area contributed by atoms with E-state index in [-0.39, 0.29) is 22.9 Å². The number of benzene rings is 2. The van der Waals surface area contributed by atoms with Crippen molar-refractivity contribution in [3.05, 3.63) is 52.1 Å². The molecule has 7 nitrogen and oxygen atoms in total. The molecule has 4 N–H and O–H groups in total. The van der Waals surface area contributed by atoms with E-state index in [1.807, 2.05) is 0 Å². The third-order valence-electron chi connectivity index (χ3n) is 2.98. The second-order valence-corrected chi connectivity index (χ2v) is 5.18. The molecule has 0 aliphatic heterocycles. The average molecular weight is 427 g/mol. The lowest BCUT2D eigenvalue weighted by molar-refractivity contribution is -0.387. The highest BCUT2D eigenvalue weighted by molar-refractivity contribution is 5.59. The largest absolute Gasteiger partial charge is 0.485 e. The first-order valence-corrected chi connectivity index (χ1v) is 7.61. The monoisotopic (exact) mass is 427 g/mol. The summed E-state index contributed by atoms with van der Waals surface area (Å²) < 4.78 is 81.6. The normalized spacial score (nSPS) is 10.5. The van der Waals surface area contributed by atoms with Crippen LogP contribution in [0.25, 0.3) is 0 Å². The molecule has 0 atom stereocenters. The van der Waals surface area contributed by atoms with Crippen LogP contribution in [0.5, 0.6) is 11.5 Å². The molecule has 0 fully saturated rings. The first-order chi connectivity index (χ1) is 13.5. The Labute approximate surface area is 160 Å². The third kappa shape index (κ3) is 8.02.